The van der Waals surface area contributed by atoms with Crippen molar-refractivity contribution in [2.75, 3.05) is 30.7 Å². The summed E-state index contributed by atoms with van der Waals surface area (Å²) in [7, 11) is -1.89. The van der Waals surface area contributed by atoms with Crippen LogP contribution in [0.3, 0.4) is 0 Å². The van der Waals surface area contributed by atoms with Crippen molar-refractivity contribution < 1.29 is 17.6 Å². The zero-order valence-corrected chi connectivity index (χ0v) is 15.6. The van der Waals surface area contributed by atoms with E-state index in [1.807, 2.05) is 12.1 Å². The minimum atomic E-state index is -3.57. The molecule has 0 saturated carbocycles. The first-order chi connectivity index (χ1) is 12.3. The molecule has 0 atom stereocenters. The maximum absolute atomic E-state index is 13.1. The van der Waals surface area contributed by atoms with Crippen LogP contribution in [0.2, 0.25) is 0 Å². The molecule has 0 N–H and O–H groups in total. The van der Waals surface area contributed by atoms with Crippen molar-refractivity contribution in [3.8, 4) is 0 Å². The van der Waals surface area contributed by atoms with Crippen molar-refractivity contribution in [2.45, 2.75) is 12.8 Å². The molecule has 1 amide bonds. The summed E-state index contributed by atoms with van der Waals surface area (Å²) < 4.78 is 38.2. The molecule has 26 heavy (non-hydrogen) atoms. The Bertz CT molecular complexity index is 827. The number of carbonyl (C=O) groups is 1. The van der Waals surface area contributed by atoms with Crippen LogP contribution in [0, 0.1) is 5.82 Å². The summed E-state index contributed by atoms with van der Waals surface area (Å²) in [5.41, 5.74) is 1.41. The topological polar surface area (TPSA) is 70.6 Å². The number of benzene rings is 1. The van der Waals surface area contributed by atoms with E-state index in [-0.39, 0.29) is 18.9 Å². The van der Waals surface area contributed by atoms with E-state index in [9.17, 15) is 17.6 Å². The van der Waals surface area contributed by atoms with Gasteiger partial charge in [-0.15, -0.1) is 0 Å². The molecule has 1 aromatic heterocycles. The van der Waals surface area contributed by atoms with Crippen molar-refractivity contribution >= 4 is 21.6 Å². The third-order valence-electron chi connectivity index (χ3n) is 3.95. The average Bonchev–Trinajstić information content (AvgIpc) is 2.61. The number of amides is 1. The van der Waals surface area contributed by atoms with E-state index in [1.165, 1.54) is 24.3 Å². The fourth-order valence-corrected chi connectivity index (χ4v) is 3.38. The lowest BCUT2D eigenvalue weighted by atomic mass is 10.2. The third kappa shape index (κ3) is 5.80. The number of hydrogen-bond acceptors (Lipinski definition) is 4. The number of sulfonamides is 1. The van der Waals surface area contributed by atoms with Crippen LogP contribution in [0.1, 0.15) is 12.0 Å². The molecule has 0 radical (unpaired) electrons. The largest absolute Gasteiger partial charge is 0.345 e. The van der Waals surface area contributed by atoms with Crippen molar-refractivity contribution in [1.29, 1.82) is 0 Å². The number of pyridine rings is 1. The lowest BCUT2D eigenvalue weighted by molar-refractivity contribution is -0.129. The highest BCUT2D eigenvalue weighted by Gasteiger charge is 2.19. The zero-order chi connectivity index (χ0) is 19.2. The fraction of sp³-hybridized carbons (Fsp3) is 0.333. The quantitative estimate of drug-likeness (QED) is 0.704. The highest BCUT2D eigenvalue weighted by molar-refractivity contribution is 7.92. The Balaban J connectivity index is 1.95. The number of anilines is 1. The van der Waals surface area contributed by atoms with Gasteiger partial charge in [-0.05, 0) is 48.4 Å². The van der Waals surface area contributed by atoms with Gasteiger partial charge in [0, 0.05) is 39.0 Å². The van der Waals surface area contributed by atoms with Crippen molar-refractivity contribution in [3.63, 3.8) is 0 Å². The van der Waals surface area contributed by atoms with Gasteiger partial charge in [-0.25, -0.2) is 12.8 Å². The van der Waals surface area contributed by atoms with Crippen LogP contribution in [0.25, 0.3) is 0 Å². The number of aromatic nitrogens is 1. The van der Waals surface area contributed by atoms with Gasteiger partial charge in [0.2, 0.25) is 15.9 Å². The van der Waals surface area contributed by atoms with E-state index in [0.29, 0.717) is 18.7 Å². The van der Waals surface area contributed by atoms with Crippen LogP contribution in [0.5, 0.6) is 0 Å². The average molecular weight is 379 g/mol. The molecular formula is C18H22FN3O3S. The van der Waals surface area contributed by atoms with Gasteiger partial charge in [0.15, 0.2) is 0 Å². The van der Waals surface area contributed by atoms with Crippen LogP contribution in [-0.4, -0.2) is 50.6 Å². The molecule has 0 aliphatic carbocycles. The summed E-state index contributed by atoms with van der Waals surface area (Å²) in [5.74, 6) is -0.607. The minimum absolute atomic E-state index is 0.00287. The van der Waals surface area contributed by atoms with Gasteiger partial charge >= 0.3 is 0 Å². The highest BCUT2D eigenvalue weighted by atomic mass is 32.2. The molecule has 1 aromatic carbocycles. The second kappa shape index (κ2) is 8.75. The lowest BCUT2D eigenvalue weighted by Gasteiger charge is -2.24. The minimum Gasteiger partial charge on any atom is -0.345 e. The molecule has 2 aromatic rings. The number of hydrogen-bond donors (Lipinski definition) is 0. The summed E-state index contributed by atoms with van der Waals surface area (Å²) in [6.07, 6.45) is 5.19. The molecule has 0 fully saturated rings. The van der Waals surface area contributed by atoms with Gasteiger partial charge in [-0.2, -0.15) is 0 Å². The first kappa shape index (κ1) is 19.8. The SMILES string of the molecule is CN(CCc1ccncc1)C(=O)CCN(c1ccc(F)cc1)S(C)(=O)=O. The van der Waals surface area contributed by atoms with Crippen LogP contribution >= 0.6 is 0 Å². The molecule has 0 aliphatic rings. The Labute approximate surface area is 153 Å². The number of likely N-dealkylation sites (N-methyl/N-ethyl adjacent to an activating group) is 1. The van der Waals surface area contributed by atoms with E-state index in [2.05, 4.69) is 4.98 Å². The van der Waals surface area contributed by atoms with Crippen molar-refractivity contribution in [2.24, 2.45) is 0 Å². The first-order valence-electron chi connectivity index (χ1n) is 8.13. The van der Waals surface area contributed by atoms with E-state index in [1.54, 1.807) is 24.3 Å². The molecule has 1 heterocycles. The van der Waals surface area contributed by atoms with Gasteiger partial charge in [0.1, 0.15) is 5.82 Å². The van der Waals surface area contributed by atoms with Gasteiger partial charge in [0.05, 0.1) is 11.9 Å². The van der Waals surface area contributed by atoms with E-state index in [4.69, 9.17) is 0 Å². The molecule has 0 aliphatic heterocycles. The number of halogens is 1. The zero-order valence-electron chi connectivity index (χ0n) is 14.8. The standard InChI is InChI=1S/C18H22FN3O3S/c1-21(13-9-15-7-11-20-12-8-15)18(23)10-14-22(26(2,24)25)17-5-3-16(19)4-6-17/h3-8,11-12H,9-10,13-14H2,1-2H3. The Morgan fingerprint density at radius 1 is 1.08 bits per heavy atom. The summed E-state index contributed by atoms with van der Waals surface area (Å²) in [6, 6.07) is 8.92. The van der Waals surface area contributed by atoms with E-state index >= 15 is 0 Å². The Hall–Kier alpha value is -2.48. The van der Waals surface area contributed by atoms with Gasteiger partial charge in [-0.3, -0.25) is 14.1 Å². The molecule has 2 rings (SSSR count). The molecule has 0 bridgehead atoms. The van der Waals surface area contributed by atoms with Crippen LogP contribution in [0.4, 0.5) is 10.1 Å². The Morgan fingerprint density at radius 3 is 2.27 bits per heavy atom. The third-order valence-corrected chi connectivity index (χ3v) is 5.15. The van der Waals surface area contributed by atoms with Gasteiger partial charge in [0.25, 0.3) is 0 Å². The Morgan fingerprint density at radius 2 is 1.69 bits per heavy atom. The van der Waals surface area contributed by atoms with Crippen LogP contribution in [0.15, 0.2) is 48.8 Å². The van der Waals surface area contributed by atoms with Crippen LogP contribution in [-0.2, 0) is 21.2 Å². The first-order valence-corrected chi connectivity index (χ1v) is 9.98. The second-order valence-electron chi connectivity index (χ2n) is 5.98. The maximum atomic E-state index is 13.1. The molecule has 6 nitrogen and oxygen atoms in total. The summed E-state index contributed by atoms with van der Waals surface area (Å²) in [4.78, 5) is 17.8. The monoisotopic (exact) mass is 379 g/mol. The van der Waals surface area contributed by atoms with E-state index < -0.39 is 15.8 Å². The normalized spacial score (nSPS) is 11.2. The molecule has 8 heteroatoms. The predicted molar refractivity (Wildman–Crippen MR) is 98.8 cm³/mol. The van der Waals surface area contributed by atoms with E-state index in [0.717, 1.165) is 16.1 Å². The number of carbonyl (C=O) groups excluding carboxylic acids is 1. The maximum Gasteiger partial charge on any atom is 0.232 e. The predicted octanol–water partition coefficient (Wildman–Crippen LogP) is 2.08. The number of nitrogens with zero attached hydrogens (tertiary/aromatic N) is 3. The summed E-state index contributed by atoms with van der Waals surface area (Å²) in [6.45, 7) is 0.529. The number of rotatable bonds is 8. The smallest absolute Gasteiger partial charge is 0.232 e. The molecule has 0 unspecified atom stereocenters. The van der Waals surface area contributed by atoms with Crippen molar-refractivity contribution in [3.05, 3.63) is 60.2 Å². The van der Waals surface area contributed by atoms with Gasteiger partial charge in [-0.1, -0.05) is 0 Å². The summed E-state index contributed by atoms with van der Waals surface area (Å²) >= 11 is 0. The van der Waals surface area contributed by atoms with Crippen molar-refractivity contribution in [1.82, 2.24) is 9.88 Å². The fourth-order valence-electron chi connectivity index (χ4n) is 2.45. The molecule has 140 valence electrons. The van der Waals surface area contributed by atoms with Gasteiger partial charge < -0.3 is 4.90 Å². The second-order valence-corrected chi connectivity index (χ2v) is 7.89. The molecule has 0 spiro atoms. The molecule has 0 saturated heterocycles. The highest BCUT2D eigenvalue weighted by Crippen LogP contribution is 2.18. The van der Waals surface area contributed by atoms with Crippen LogP contribution < -0.4 is 4.31 Å². The Kier molecular flexibility index (Phi) is 6.68. The molecular weight excluding hydrogens is 357 g/mol. The lowest BCUT2D eigenvalue weighted by Crippen LogP contribution is -2.36. The summed E-state index contributed by atoms with van der Waals surface area (Å²) in [5, 5.41) is 0.